The normalized spacial score (nSPS) is 19.4. The minimum absolute atomic E-state index is 0.110. The van der Waals surface area contributed by atoms with Gasteiger partial charge in [0.15, 0.2) is 17.3 Å². The monoisotopic (exact) mass is 590 g/mol. The van der Waals surface area contributed by atoms with Crippen LogP contribution in [0.2, 0.25) is 0 Å². The maximum Gasteiger partial charge on any atom is 0.175 e. The van der Waals surface area contributed by atoms with Crippen LogP contribution in [-0.2, 0) is 11.4 Å². The van der Waals surface area contributed by atoms with E-state index >= 15 is 0 Å². The maximum atomic E-state index is 13.5. The Balaban J connectivity index is 1.69. The van der Waals surface area contributed by atoms with Gasteiger partial charge in [-0.1, -0.05) is 37.6 Å². The first kappa shape index (κ1) is 28.4. The number of hydrogen-bond acceptors (Lipinski definition) is 6. The van der Waals surface area contributed by atoms with Crippen molar-refractivity contribution < 1.29 is 14.3 Å². The lowest BCUT2D eigenvalue weighted by Crippen LogP contribution is -2.34. The summed E-state index contributed by atoms with van der Waals surface area (Å²) in [6, 6.07) is 13.9. The van der Waals surface area contributed by atoms with Gasteiger partial charge in [-0.15, -0.1) is 0 Å². The number of carbonyl (C=O) groups excluding carboxylic acids is 1. The van der Waals surface area contributed by atoms with E-state index in [4.69, 9.17) is 15.2 Å². The molecule has 0 aromatic heterocycles. The van der Waals surface area contributed by atoms with Gasteiger partial charge in [0.2, 0.25) is 0 Å². The molecule has 2 aromatic rings. The molecule has 0 saturated carbocycles. The Hall–Kier alpha value is -3.57. The van der Waals surface area contributed by atoms with E-state index in [1.165, 1.54) is 0 Å². The van der Waals surface area contributed by atoms with Crippen LogP contribution in [0.3, 0.4) is 0 Å². The number of rotatable bonds is 9. The summed E-state index contributed by atoms with van der Waals surface area (Å²) in [4.78, 5) is 17.5. The number of carbonyl (C=O) groups is 1. The van der Waals surface area contributed by atoms with Crippen LogP contribution in [0.15, 0.2) is 68.4 Å². The van der Waals surface area contributed by atoms with Crippen molar-refractivity contribution in [3.05, 3.63) is 80.1 Å². The number of ketones is 1. The lowest BCUT2D eigenvalue weighted by atomic mass is 9.72. The molecule has 0 saturated heterocycles. The molecular formula is C31H35BrN4O3. The average Bonchev–Trinajstić information content (AvgIpc) is 2.92. The first-order valence-corrected chi connectivity index (χ1v) is 14.1. The van der Waals surface area contributed by atoms with E-state index < -0.39 is 5.92 Å². The summed E-state index contributed by atoms with van der Waals surface area (Å²) in [7, 11) is 1.66. The van der Waals surface area contributed by atoms with Crippen LogP contribution in [0.4, 0.5) is 0 Å². The van der Waals surface area contributed by atoms with Gasteiger partial charge in [0.1, 0.15) is 12.4 Å². The predicted molar refractivity (Wildman–Crippen MR) is 157 cm³/mol. The van der Waals surface area contributed by atoms with Crippen LogP contribution in [0.1, 0.15) is 69.1 Å². The van der Waals surface area contributed by atoms with Gasteiger partial charge >= 0.3 is 0 Å². The lowest BCUT2D eigenvalue weighted by molar-refractivity contribution is -0.117. The van der Waals surface area contributed by atoms with Crippen molar-refractivity contribution in [2.24, 2.45) is 16.6 Å². The molecule has 204 valence electrons. The predicted octanol–water partition coefficient (Wildman–Crippen LogP) is 6.28. The van der Waals surface area contributed by atoms with Crippen molar-refractivity contribution >= 4 is 27.5 Å². The van der Waals surface area contributed by atoms with Gasteiger partial charge in [-0.3, -0.25) is 9.79 Å². The number of allylic oxidation sites excluding steroid dienone is 4. The van der Waals surface area contributed by atoms with E-state index in [0.29, 0.717) is 58.5 Å². The lowest BCUT2D eigenvalue weighted by Gasteiger charge is -2.35. The van der Waals surface area contributed by atoms with Gasteiger partial charge in [0.05, 0.1) is 28.6 Å². The molecule has 4 rings (SSSR count). The highest BCUT2D eigenvalue weighted by molar-refractivity contribution is 9.10. The highest BCUT2D eigenvalue weighted by Crippen LogP contribution is 2.47. The van der Waals surface area contributed by atoms with Crippen LogP contribution < -0.4 is 20.5 Å². The molecule has 1 heterocycles. The van der Waals surface area contributed by atoms with E-state index in [0.717, 1.165) is 47.3 Å². The minimum atomic E-state index is -0.455. The van der Waals surface area contributed by atoms with E-state index in [2.05, 4.69) is 39.2 Å². The standard InChI is InChI=1S/C31H35BrN4O3/c1-5-7-20-12-25-29(26(37)13-20)28(23(16-33)18(3)36-25)22-14-24(32)30(27(15-22)38-6-2)39-17-19-8-10-21(11-9-19)31(34)35-4/h8-11,14-15,20,28,36H,5-7,12-13,17H2,1-4H3,(H2,34,35). The molecule has 0 bridgehead atoms. The third-order valence-electron chi connectivity index (χ3n) is 7.27. The van der Waals surface area contributed by atoms with Crippen molar-refractivity contribution in [2.75, 3.05) is 13.7 Å². The summed E-state index contributed by atoms with van der Waals surface area (Å²) in [5.74, 6) is 1.59. The van der Waals surface area contributed by atoms with Crippen molar-refractivity contribution in [3.8, 4) is 17.6 Å². The van der Waals surface area contributed by atoms with Crippen LogP contribution in [0.25, 0.3) is 0 Å². The Labute approximate surface area is 238 Å². The number of halogens is 1. The molecule has 1 aliphatic carbocycles. The molecule has 3 N–H and O–H groups in total. The van der Waals surface area contributed by atoms with Gasteiger partial charge in [-0.25, -0.2) is 0 Å². The molecule has 2 atom stereocenters. The summed E-state index contributed by atoms with van der Waals surface area (Å²) in [6.07, 6.45) is 3.38. The van der Waals surface area contributed by atoms with E-state index in [1.54, 1.807) is 7.05 Å². The highest BCUT2D eigenvalue weighted by Gasteiger charge is 2.39. The van der Waals surface area contributed by atoms with Crippen LogP contribution >= 0.6 is 15.9 Å². The largest absolute Gasteiger partial charge is 0.490 e. The zero-order valence-corrected chi connectivity index (χ0v) is 24.5. The fraction of sp³-hybridized carbons (Fsp3) is 0.387. The Morgan fingerprint density at radius 1 is 1.21 bits per heavy atom. The third kappa shape index (κ3) is 6.04. The van der Waals surface area contributed by atoms with Gasteiger partial charge in [-0.05, 0) is 71.8 Å². The smallest absolute Gasteiger partial charge is 0.175 e. The van der Waals surface area contributed by atoms with Gasteiger partial charge in [-0.2, -0.15) is 5.26 Å². The molecule has 0 fully saturated rings. The highest BCUT2D eigenvalue weighted by atomic mass is 79.9. The molecule has 2 aliphatic rings. The van der Waals surface area contributed by atoms with E-state index in [-0.39, 0.29) is 5.78 Å². The van der Waals surface area contributed by atoms with Crippen LogP contribution in [-0.4, -0.2) is 25.3 Å². The van der Waals surface area contributed by atoms with Crippen molar-refractivity contribution in [1.29, 1.82) is 5.26 Å². The number of nitrogens with one attached hydrogen (secondary N) is 1. The number of ether oxygens (including phenoxy) is 2. The number of benzene rings is 2. The molecule has 8 heteroatoms. The fourth-order valence-corrected chi connectivity index (χ4v) is 6.00. The quantitative estimate of drug-likeness (QED) is 0.263. The van der Waals surface area contributed by atoms with Crippen molar-refractivity contribution in [3.63, 3.8) is 0 Å². The number of hydrogen-bond donors (Lipinski definition) is 2. The Morgan fingerprint density at radius 2 is 1.95 bits per heavy atom. The second-order valence-electron chi connectivity index (χ2n) is 9.94. The zero-order chi connectivity index (χ0) is 28.1. The molecule has 1 aliphatic heterocycles. The van der Waals surface area contributed by atoms with Gasteiger partial charge in [0.25, 0.3) is 0 Å². The van der Waals surface area contributed by atoms with E-state index in [9.17, 15) is 10.1 Å². The molecule has 0 spiro atoms. The zero-order valence-electron chi connectivity index (χ0n) is 22.9. The minimum Gasteiger partial charge on any atom is -0.490 e. The number of Topliss-reactive ketones (excluding diaryl/α,β-unsaturated/α-hetero) is 1. The number of nitrogens with zero attached hydrogens (tertiary/aromatic N) is 2. The second-order valence-corrected chi connectivity index (χ2v) is 10.8. The second kappa shape index (κ2) is 12.5. The SMILES string of the molecule is CCCC1CC(=O)C2=C(C1)NC(C)=C(C#N)C2c1cc(Br)c(OCc2ccc(C(N)=NC)cc2)c(OCC)c1. The maximum absolute atomic E-state index is 13.5. The van der Waals surface area contributed by atoms with Crippen LogP contribution in [0, 0.1) is 17.2 Å². The molecule has 7 nitrogen and oxygen atoms in total. The van der Waals surface area contributed by atoms with Crippen LogP contribution in [0.5, 0.6) is 11.5 Å². The third-order valence-corrected chi connectivity index (χ3v) is 7.86. The van der Waals surface area contributed by atoms with Crippen molar-refractivity contribution in [2.45, 2.75) is 59.0 Å². The Morgan fingerprint density at radius 3 is 2.59 bits per heavy atom. The number of amidine groups is 1. The summed E-state index contributed by atoms with van der Waals surface area (Å²) >= 11 is 3.69. The number of nitrogens with two attached hydrogens (primary N) is 1. The Kier molecular flexibility index (Phi) is 9.13. The summed E-state index contributed by atoms with van der Waals surface area (Å²) < 4.78 is 12.9. The molecule has 2 aromatic carbocycles. The number of nitriles is 1. The topological polar surface area (TPSA) is 110 Å². The molecule has 0 radical (unpaired) electrons. The molecule has 39 heavy (non-hydrogen) atoms. The Bertz CT molecular complexity index is 1390. The van der Waals surface area contributed by atoms with Gasteiger partial charge < -0.3 is 20.5 Å². The summed E-state index contributed by atoms with van der Waals surface area (Å²) in [5.41, 5.74) is 11.5. The summed E-state index contributed by atoms with van der Waals surface area (Å²) in [6.45, 7) is 6.73. The first-order valence-electron chi connectivity index (χ1n) is 13.4. The average molecular weight is 592 g/mol. The number of dihydropyridines is 1. The molecular weight excluding hydrogens is 556 g/mol. The summed E-state index contributed by atoms with van der Waals surface area (Å²) in [5, 5.41) is 13.5. The number of aliphatic imine (C=N–C) groups is 1. The first-order chi connectivity index (χ1) is 18.8. The van der Waals surface area contributed by atoms with Crippen molar-refractivity contribution in [1.82, 2.24) is 5.32 Å². The fourth-order valence-electron chi connectivity index (χ4n) is 5.43. The molecule has 0 amide bonds. The van der Waals surface area contributed by atoms with E-state index in [1.807, 2.05) is 50.2 Å². The van der Waals surface area contributed by atoms with Gasteiger partial charge in [0, 0.05) is 36.0 Å². The molecule has 2 unspecified atom stereocenters.